The Bertz CT molecular complexity index is 982. The molecule has 156 valence electrons. The number of imide groups is 1. The molecule has 2 fully saturated rings. The Balaban J connectivity index is 0.00000218. The Morgan fingerprint density at radius 2 is 1.63 bits per heavy atom. The Hall–Kier alpha value is -2.70. The minimum Gasteiger partial charge on any atom is -0.349 e. The smallest absolute Gasteiger partial charge is 0.261 e. The van der Waals surface area contributed by atoms with E-state index in [0.717, 1.165) is 18.4 Å². The maximum Gasteiger partial charge on any atom is 0.261 e. The number of carbonyl (C=O) groups excluding carboxylic acids is 3. The normalized spacial score (nSPS) is 24.4. The highest BCUT2D eigenvalue weighted by Crippen LogP contribution is 2.28. The van der Waals surface area contributed by atoms with Crippen molar-refractivity contribution in [2.24, 2.45) is 0 Å². The summed E-state index contributed by atoms with van der Waals surface area (Å²) in [5, 5.41) is 6.68. The highest BCUT2D eigenvalue weighted by molar-refractivity contribution is 6.22. The largest absolute Gasteiger partial charge is 0.349 e. The third kappa shape index (κ3) is 3.73. The van der Waals surface area contributed by atoms with Crippen LogP contribution in [0.2, 0.25) is 0 Å². The van der Waals surface area contributed by atoms with Crippen molar-refractivity contribution < 1.29 is 14.4 Å². The minimum atomic E-state index is -0.344. The number of nitrogens with one attached hydrogen (secondary N) is 2. The fourth-order valence-electron chi connectivity index (χ4n) is 4.79. The minimum absolute atomic E-state index is 0. The summed E-state index contributed by atoms with van der Waals surface area (Å²) < 4.78 is 0. The van der Waals surface area contributed by atoms with Gasteiger partial charge in [-0.05, 0) is 49.4 Å². The lowest BCUT2D eigenvalue weighted by atomic mass is 9.99. The van der Waals surface area contributed by atoms with Gasteiger partial charge in [0, 0.05) is 23.7 Å². The molecular weight excluding hydrogens is 402 g/mol. The van der Waals surface area contributed by atoms with E-state index in [0.29, 0.717) is 28.8 Å². The highest BCUT2D eigenvalue weighted by Gasteiger charge is 2.37. The van der Waals surface area contributed by atoms with E-state index >= 15 is 0 Å². The number of hydrogen-bond acceptors (Lipinski definition) is 4. The molecule has 2 saturated heterocycles. The van der Waals surface area contributed by atoms with Crippen molar-refractivity contribution in [1.82, 2.24) is 15.5 Å². The molecule has 0 spiro atoms. The molecule has 3 aliphatic rings. The van der Waals surface area contributed by atoms with Gasteiger partial charge in [0.1, 0.15) is 0 Å². The third-order valence-corrected chi connectivity index (χ3v) is 6.22. The number of nitrogens with zero attached hydrogens (tertiary/aromatic N) is 1. The number of piperidine rings is 1. The maximum absolute atomic E-state index is 12.8. The van der Waals surface area contributed by atoms with Crippen LogP contribution >= 0.6 is 12.4 Å². The molecule has 0 aromatic heterocycles. The van der Waals surface area contributed by atoms with E-state index in [4.69, 9.17) is 0 Å². The topological polar surface area (TPSA) is 78.5 Å². The van der Waals surface area contributed by atoms with Crippen molar-refractivity contribution in [3.63, 3.8) is 0 Å². The van der Waals surface area contributed by atoms with Crippen molar-refractivity contribution in [3.8, 4) is 0 Å². The van der Waals surface area contributed by atoms with Crippen LogP contribution in [-0.4, -0.2) is 40.7 Å². The molecule has 3 amide bonds. The zero-order valence-corrected chi connectivity index (χ0v) is 17.3. The van der Waals surface area contributed by atoms with Crippen molar-refractivity contribution >= 4 is 30.1 Å². The van der Waals surface area contributed by atoms with Crippen molar-refractivity contribution in [2.75, 3.05) is 0 Å². The molecule has 5 rings (SSSR count). The Morgan fingerprint density at radius 1 is 0.967 bits per heavy atom. The van der Waals surface area contributed by atoms with Crippen LogP contribution in [0.1, 0.15) is 62.3 Å². The lowest BCUT2D eigenvalue weighted by molar-refractivity contribution is 0.0642. The van der Waals surface area contributed by atoms with Gasteiger partial charge in [-0.1, -0.05) is 30.3 Å². The molecule has 2 aromatic rings. The number of halogens is 1. The first kappa shape index (κ1) is 20.6. The summed E-state index contributed by atoms with van der Waals surface area (Å²) in [6.45, 7) is 0.229. The van der Waals surface area contributed by atoms with Crippen LogP contribution in [-0.2, 0) is 6.54 Å². The second-order valence-corrected chi connectivity index (χ2v) is 8.22. The van der Waals surface area contributed by atoms with Crippen molar-refractivity contribution in [3.05, 3.63) is 70.8 Å². The first-order valence-electron chi connectivity index (χ1n) is 10.2. The van der Waals surface area contributed by atoms with Gasteiger partial charge < -0.3 is 10.6 Å². The zero-order chi connectivity index (χ0) is 20.0. The van der Waals surface area contributed by atoms with Crippen LogP contribution < -0.4 is 10.6 Å². The Kier molecular flexibility index (Phi) is 5.62. The van der Waals surface area contributed by atoms with Crippen molar-refractivity contribution in [1.29, 1.82) is 0 Å². The van der Waals surface area contributed by atoms with Crippen LogP contribution in [0.4, 0.5) is 0 Å². The van der Waals surface area contributed by atoms with Crippen molar-refractivity contribution in [2.45, 2.75) is 50.4 Å². The van der Waals surface area contributed by atoms with Crippen LogP contribution in [0, 0.1) is 0 Å². The molecule has 0 saturated carbocycles. The molecule has 7 heteroatoms. The number of hydrogen-bond donors (Lipinski definition) is 2. The van der Waals surface area contributed by atoms with Crippen LogP contribution in [0.15, 0.2) is 48.5 Å². The molecule has 0 radical (unpaired) electrons. The summed E-state index contributed by atoms with van der Waals surface area (Å²) in [6, 6.07) is 15.4. The van der Waals surface area contributed by atoms with E-state index < -0.39 is 0 Å². The average molecular weight is 426 g/mol. The Morgan fingerprint density at radius 3 is 2.33 bits per heavy atom. The monoisotopic (exact) mass is 425 g/mol. The molecule has 2 unspecified atom stereocenters. The van der Waals surface area contributed by atoms with Crippen LogP contribution in [0.3, 0.4) is 0 Å². The van der Waals surface area contributed by atoms with E-state index in [2.05, 4.69) is 10.6 Å². The maximum atomic E-state index is 12.8. The van der Waals surface area contributed by atoms with E-state index in [1.54, 1.807) is 18.2 Å². The van der Waals surface area contributed by atoms with Gasteiger partial charge in [0.25, 0.3) is 17.7 Å². The number of amides is 3. The molecular formula is C23H24ClN3O3. The standard InChI is InChI=1S/C23H23N3O3.ClH/c27-21(25-18-11-16-7-8-17(12-18)24-16)15-6-9-19-20(10-15)23(29)26(22(19)28)13-14-4-2-1-3-5-14;/h1-6,9-10,16-18,24H,7-8,11-13H2,(H,25,27);1H. The molecule has 3 heterocycles. The van der Waals surface area contributed by atoms with E-state index in [-0.39, 0.29) is 42.7 Å². The first-order chi connectivity index (χ1) is 14.1. The summed E-state index contributed by atoms with van der Waals surface area (Å²) >= 11 is 0. The van der Waals surface area contributed by atoms with Gasteiger partial charge in [0.05, 0.1) is 17.7 Å². The van der Waals surface area contributed by atoms with Gasteiger partial charge in [0.15, 0.2) is 0 Å². The Labute approximate surface area is 181 Å². The van der Waals surface area contributed by atoms with E-state index in [1.807, 2.05) is 30.3 Å². The van der Waals surface area contributed by atoms with Crippen LogP contribution in [0.25, 0.3) is 0 Å². The average Bonchev–Trinajstić information content (AvgIpc) is 3.19. The summed E-state index contributed by atoms with van der Waals surface area (Å²) in [6.07, 6.45) is 4.22. The molecule has 2 bridgehead atoms. The third-order valence-electron chi connectivity index (χ3n) is 6.22. The van der Waals surface area contributed by atoms with Gasteiger partial charge in [-0.2, -0.15) is 0 Å². The fraction of sp³-hybridized carbons (Fsp3) is 0.348. The SMILES string of the molecule is Cl.O=C(NC1CC2CCC(C1)N2)c1ccc2c(c1)C(=O)N(Cc1ccccc1)C2=O. The van der Waals surface area contributed by atoms with Gasteiger partial charge in [0.2, 0.25) is 0 Å². The fourth-order valence-corrected chi connectivity index (χ4v) is 4.79. The summed E-state index contributed by atoms with van der Waals surface area (Å²) in [4.78, 5) is 39.5. The zero-order valence-electron chi connectivity index (χ0n) is 16.5. The summed E-state index contributed by atoms with van der Waals surface area (Å²) in [5.74, 6) is -0.833. The molecule has 2 N–H and O–H groups in total. The highest BCUT2D eigenvalue weighted by atomic mass is 35.5. The molecule has 3 aliphatic heterocycles. The number of fused-ring (bicyclic) bond motifs is 3. The van der Waals surface area contributed by atoms with Crippen LogP contribution in [0.5, 0.6) is 0 Å². The van der Waals surface area contributed by atoms with E-state index in [1.165, 1.54) is 17.7 Å². The lowest BCUT2D eigenvalue weighted by Gasteiger charge is -2.29. The number of benzene rings is 2. The van der Waals surface area contributed by atoms with Gasteiger partial charge in [-0.15, -0.1) is 12.4 Å². The predicted octanol–water partition coefficient (Wildman–Crippen LogP) is 2.92. The quantitative estimate of drug-likeness (QED) is 0.738. The van der Waals surface area contributed by atoms with Gasteiger partial charge in [-0.3, -0.25) is 19.3 Å². The molecule has 30 heavy (non-hydrogen) atoms. The second-order valence-electron chi connectivity index (χ2n) is 8.22. The predicted molar refractivity (Wildman–Crippen MR) is 115 cm³/mol. The number of rotatable bonds is 4. The molecule has 0 aliphatic carbocycles. The second kappa shape index (κ2) is 8.20. The van der Waals surface area contributed by atoms with Gasteiger partial charge >= 0.3 is 0 Å². The number of carbonyl (C=O) groups is 3. The lowest BCUT2D eigenvalue weighted by Crippen LogP contribution is -2.48. The van der Waals surface area contributed by atoms with Gasteiger partial charge in [-0.25, -0.2) is 0 Å². The van der Waals surface area contributed by atoms with E-state index in [9.17, 15) is 14.4 Å². The first-order valence-corrected chi connectivity index (χ1v) is 10.2. The summed E-state index contributed by atoms with van der Waals surface area (Å²) in [7, 11) is 0. The molecule has 2 aromatic carbocycles. The molecule has 2 atom stereocenters. The summed E-state index contributed by atoms with van der Waals surface area (Å²) in [5.41, 5.74) is 1.99. The molecule has 6 nitrogen and oxygen atoms in total.